The van der Waals surface area contributed by atoms with E-state index in [4.69, 9.17) is 11.6 Å². The van der Waals surface area contributed by atoms with Gasteiger partial charge in [-0.3, -0.25) is 9.89 Å². The number of rotatable bonds is 1. The summed E-state index contributed by atoms with van der Waals surface area (Å²) in [6.07, 6.45) is 0. The number of fused-ring (bicyclic) bond motifs is 1. The molecule has 2 heterocycles. The summed E-state index contributed by atoms with van der Waals surface area (Å²) in [6, 6.07) is 7.74. The minimum Gasteiger partial charge on any atom is -0.308 e. The second-order valence-corrected chi connectivity index (χ2v) is 6.70. The molecule has 1 aliphatic rings. The maximum absolute atomic E-state index is 12.0. The van der Waals surface area contributed by atoms with Crippen LogP contribution in [0.2, 0.25) is 5.02 Å². The molecule has 0 fully saturated rings. The molecule has 0 spiro atoms. The van der Waals surface area contributed by atoms with Crippen molar-refractivity contribution in [1.82, 2.24) is 10.2 Å². The van der Waals surface area contributed by atoms with Crippen molar-refractivity contribution in [2.45, 2.75) is 24.3 Å². The molecule has 6 heteroatoms. The lowest BCUT2D eigenvalue weighted by molar-refractivity contribution is -0.115. The third kappa shape index (κ3) is 2.31. The van der Waals surface area contributed by atoms with Gasteiger partial charge in [0.1, 0.15) is 0 Å². The lowest BCUT2D eigenvalue weighted by Gasteiger charge is -2.17. The standard InChI is InChI=1S/C14H14ClN3OS/c1-7-11-12(9-3-5-10(15)6-4-9)20-8(2)14(19)16-13(11)18-17-7/h3-6,8,12H,1-2H3,(H2,16,17,18,19)/t8-,12-/m0/s1. The van der Waals surface area contributed by atoms with Gasteiger partial charge < -0.3 is 5.32 Å². The molecule has 0 bridgehead atoms. The third-order valence-electron chi connectivity index (χ3n) is 3.38. The highest BCUT2D eigenvalue weighted by Crippen LogP contribution is 2.44. The van der Waals surface area contributed by atoms with Crippen molar-refractivity contribution < 1.29 is 4.79 Å². The van der Waals surface area contributed by atoms with Crippen LogP contribution >= 0.6 is 23.4 Å². The first-order valence-electron chi connectivity index (χ1n) is 6.33. The summed E-state index contributed by atoms with van der Waals surface area (Å²) in [5, 5.41) is 10.7. The molecule has 1 aliphatic heterocycles. The summed E-state index contributed by atoms with van der Waals surface area (Å²) in [4.78, 5) is 12.0. The number of H-pyrrole nitrogens is 1. The number of thioether (sulfide) groups is 1. The quantitative estimate of drug-likeness (QED) is 0.847. The summed E-state index contributed by atoms with van der Waals surface area (Å²) in [7, 11) is 0. The Morgan fingerprint density at radius 2 is 2.00 bits per heavy atom. The summed E-state index contributed by atoms with van der Waals surface area (Å²) in [6.45, 7) is 3.88. The fraction of sp³-hybridized carbons (Fsp3) is 0.286. The van der Waals surface area contributed by atoms with E-state index in [9.17, 15) is 4.79 Å². The van der Waals surface area contributed by atoms with Crippen LogP contribution in [-0.2, 0) is 4.79 Å². The fourth-order valence-corrected chi connectivity index (χ4v) is 3.74. The zero-order valence-electron chi connectivity index (χ0n) is 11.1. The van der Waals surface area contributed by atoms with Gasteiger partial charge in [-0.15, -0.1) is 11.8 Å². The van der Waals surface area contributed by atoms with E-state index in [0.717, 1.165) is 16.8 Å². The Labute approximate surface area is 126 Å². The highest BCUT2D eigenvalue weighted by molar-refractivity contribution is 8.01. The predicted molar refractivity (Wildman–Crippen MR) is 82.3 cm³/mol. The summed E-state index contributed by atoms with van der Waals surface area (Å²) in [5.41, 5.74) is 3.13. The summed E-state index contributed by atoms with van der Waals surface area (Å²) < 4.78 is 0. The Hall–Kier alpha value is -1.46. The predicted octanol–water partition coefficient (Wildman–Crippen LogP) is 3.53. The zero-order chi connectivity index (χ0) is 14.3. The van der Waals surface area contributed by atoms with Gasteiger partial charge in [0.05, 0.1) is 10.5 Å². The number of carbonyl (C=O) groups is 1. The Balaban J connectivity index is 2.10. The van der Waals surface area contributed by atoms with E-state index in [0.29, 0.717) is 10.8 Å². The van der Waals surface area contributed by atoms with Crippen LogP contribution in [0.15, 0.2) is 24.3 Å². The molecule has 104 valence electrons. The number of nitrogens with one attached hydrogen (secondary N) is 2. The topological polar surface area (TPSA) is 57.8 Å². The smallest absolute Gasteiger partial charge is 0.238 e. The zero-order valence-corrected chi connectivity index (χ0v) is 12.7. The van der Waals surface area contributed by atoms with Gasteiger partial charge in [0.2, 0.25) is 5.91 Å². The Kier molecular flexibility index (Phi) is 3.48. The SMILES string of the molecule is Cc1[nH]nc2c1[C@H](c1ccc(Cl)cc1)S[C@@H](C)C(=O)N2. The maximum atomic E-state index is 12.0. The number of aromatic nitrogens is 2. The molecule has 3 rings (SSSR count). The van der Waals surface area contributed by atoms with Crippen LogP contribution < -0.4 is 5.32 Å². The van der Waals surface area contributed by atoms with Crippen molar-refractivity contribution in [3.63, 3.8) is 0 Å². The molecule has 0 aliphatic carbocycles. The number of hydrogen-bond acceptors (Lipinski definition) is 3. The van der Waals surface area contributed by atoms with Gasteiger partial charge in [0, 0.05) is 16.3 Å². The Morgan fingerprint density at radius 3 is 2.70 bits per heavy atom. The van der Waals surface area contributed by atoms with Crippen LogP contribution in [0, 0.1) is 6.92 Å². The molecule has 1 aromatic heterocycles. The highest BCUT2D eigenvalue weighted by atomic mass is 35.5. The number of benzene rings is 1. The Morgan fingerprint density at radius 1 is 1.30 bits per heavy atom. The number of amides is 1. The van der Waals surface area contributed by atoms with Crippen LogP contribution in [0.5, 0.6) is 0 Å². The average Bonchev–Trinajstić information content (AvgIpc) is 2.71. The normalized spacial score (nSPS) is 22.1. The maximum Gasteiger partial charge on any atom is 0.238 e. The van der Waals surface area contributed by atoms with Gasteiger partial charge in [-0.1, -0.05) is 23.7 Å². The van der Waals surface area contributed by atoms with Crippen molar-refractivity contribution in [1.29, 1.82) is 0 Å². The van der Waals surface area contributed by atoms with Crippen molar-refractivity contribution >= 4 is 35.1 Å². The molecule has 20 heavy (non-hydrogen) atoms. The van der Waals surface area contributed by atoms with Crippen LogP contribution in [0.3, 0.4) is 0 Å². The number of aromatic amines is 1. The third-order valence-corrected chi connectivity index (χ3v) is 5.03. The molecule has 0 radical (unpaired) electrons. The molecule has 0 saturated carbocycles. The largest absolute Gasteiger partial charge is 0.308 e. The number of anilines is 1. The number of carbonyl (C=O) groups excluding carboxylic acids is 1. The van der Waals surface area contributed by atoms with Gasteiger partial charge in [-0.25, -0.2) is 0 Å². The van der Waals surface area contributed by atoms with Crippen molar-refractivity contribution in [3.05, 3.63) is 46.1 Å². The van der Waals surface area contributed by atoms with Gasteiger partial charge in [-0.2, -0.15) is 5.10 Å². The second kappa shape index (κ2) is 5.14. The van der Waals surface area contributed by atoms with E-state index in [2.05, 4.69) is 15.5 Å². The van der Waals surface area contributed by atoms with Crippen LogP contribution in [0.1, 0.15) is 29.0 Å². The molecule has 1 aromatic carbocycles. The molecule has 0 saturated heterocycles. The van der Waals surface area contributed by atoms with Gasteiger partial charge in [-0.05, 0) is 31.5 Å². The van der Waals surface area contributed by atoms with Gasteiger partial charge in [0.25, 0.3) is 0 Å². The van der Waals surface area contributed by atoms with E-state index < -0.39 is 0 Å². The van der Waals surface area contributed by atoms with Crippen molar-refractivity contribution in [3.8, 4) is 0 Å². The molecule has 0 unspecified atom stereocenters. The van der Waals surface area contributed by atoms with Gasteiger partial charge >= 0.3 is 0 Å². The number of aryl methyl sites for hydroxylation is 1. The number of hydrogen-bond donors (Lipinski definition) is 2. The molecule has 4 nitrogen and oxygen atoms in total. The molecular formula is C14H14ClN3OS. The molecule has 1 amide bonds. The van der Waals surface area contributed by atoms with E-state index in [1.807, 2.05) is 38.1 Å². The Bertz CT molecular complexity index is 653. The van der Waals surface area contributed by atoms with E-state index in [1.54, 1.807) is 11.8 Å². The fourth-order valence-electron chi connectivity index (χ4n) is 2.29. The van der Waals surface area contributed by atoms with E-state index in [-0.39, 0.29) is 16.4 Å². The number of nitrogens with zero attached hydrogens (tertiary/aromatic N) is 1. The lowest BCUT2D eigenvalue weighted by Crippen LogP contribution is -2.21. The minimum atomic E-state index is -0.135. The van der Waals surface area contributed by atoms with Gasteiger partial charge in [0.15, 0.2) is 5.82 Å². The molecule has 2 N–H and O–H groups in total. The monoisotopic (exact) mass is 307 g/mol. The van der Waals surface area contributed by atoms with E-state index in [1.165, 1.54) is 0 Å². The lowest BCUT2D eigenvalue weighted by atomic mass is 10.0. The first-order chi connectivity index (χ1) is 9.56. The van der Waals surface area contributed by atoms with Crippen molar-refractivity contribution in [2.75, 3.05) is 5.32 Å². The molecule has 2 aromatic rings. The van der Waals surface area contributed by atoms with Crippen LogP contribution in [-0.4, -0.2) is 21.4 Å². The van der Waals surface area contributed by atoms with E-state index >= 15 is 0 Å². The first-order valence-corrected chi connectivity index (χ1v) is 7.65. The average molecular weight is 308 g/mol. The van der Waals surface area contributed by atoms with Crippen LogP contribution in [0.4, 0.5) is 5.82 Å². The minimum absolute atomic E-state index is 0.0146. The van der Waals surface area contributed by atoms with Crippen molar-refractivity contribution in [2.24, 2.45) is 0 Å². The number of halogens is 1. The summed E-state index contributed by atoms with van der Waals surface area (Å²) >= 11 is 7.57. The van der Waals surface area contributed by atoms with Crippen LogP contribution in [0.25, 0.3) is 0 Å². The summed E-state index contributed by atoms with van der Waals surface area (Å²) in [5.74, 6) is 0.614. The first kappa shape index (κ1) is 13.5. The molecule has 2 atom stereocenters. The second-order valence-electron chi connectivity index (χ2n) is 4.81. The molecular weight excluding hydrogens is 294 g/mol. The highest BCUT2D eigenvalue weighted by Gasteiger charge is 2.31.